The summed E-state index contributed by atoms with van der Waals surface area (Å²) in [5, 5.41) is 3.36. The van der Waals surface area contributed by atoms with Crippen molar-refractivity contribution >= 4 is 0 Å². The summed E-state index contributed by atoms with van der Waals surface area (Å²) in [6.07, 6.45) is 8.14. The molecule has 1 fully saturated rings. The van der Waals surface area contributed by atoms with Gasteiger partial charge >= 0.3 is 0 Å². The van der Waals surface area contributed by atoms with Crippen LogP contribution in [-0.4, -0.2) is 25.8 Å². The second-order valence-corrected chi connectivity index (χ2v) is 5.18. The zero-order chi connectivity index (χ0) is 11.1. The highest BCUT2D eigenvalue weighted by atomic mass is 16.5. The van der Waals surface area contributed by atoms with E-state index in [1.54, 1.807) is 0 Å². The van der Waals surface area contributed by atoms with Gasteiger partial charge in [0.1, 0.15) is 0 Å². The lowest BCUT2D eigenvalue weighted by Gasteiger charge is -2.29. The standard InChI is InChI=1S/C13H27NO/c1-11(2)6-5-9-15-13-8-4-7-12(10-13)14-3/h11-14H,4-10H2,1-3H3. The molecule has 2 unspecified atom stereocenters. The Bertz CT molecular complexity index is 159. The van der Waals surface area contributed by atoms with Crippen molar-refractivity contribution < 1.29 is 4.74 Å². The number of hydrogen-bond acceptors (Lipinski definition) is 2. The van der Waals surface area contributed by atoms with Gasteiger partial charge in [0.15, 0.2) is 0 Å². The van der Waals surface area contributed by atoms with Gasteiger partial charge in [-0.2, -0.15) is 0 Å². The van der Waals surface area contributed by atoms with Crippen molar-refractivity contribution in [2.24, 2.45) is 5.92 Å². The van der Waals surface area contributed by atoms with Crippen LogP contribution in [0.4, 0.5) is 0 Å². The summed E-state index contributed by atoms with van der Waals surface area (Å²) in [5.74, 6) is 0.810. The van der Waals surface area contributed by atoms with Gasteiger partial charge in [-0.05, 0) is 51.5 Å². The van der Waals surface area contributed by atoms with E-state index in [0.717, 1.165) is 12.5 Å². The maximum atomic E-state index is 5.93. The first-order valence-electron chi connectivity index (χ1n) is 6.51. The Kier molecular flexibility index (Phi) is 6.26. The second-order valence-electron chi connectivity index (χ2n) is 5.18. The van der Waals surface area contributed by atoms with Crippen molar-refractivity contribution in [1.82, 2.24) is 5.32 Å². The lowest BCUT2D eigenvalue weighted by atomic mass is 9.93. The third-order valence-corrected chi connectivity index (χ3v) is 3.31. The molecule has 0 aliphatic heterocycles. The van der Waals surface area contributed by atoms with E-state index in [9.17, 15) is 0 Å². The molecule has 0 aromatic carbocycles. The molecule has 0 bridgehead atoms. The molecular formula is C13H27NO. The van der Waals surface area contributed by atoms with Crippen LogP contribution in [0.15, 0.2) is 0 Å². The minimum atomic E-state index is 0.517. The van der Waals surface area contributed by atoms with Crippen molar-refractivity contribution in [2.75, 3.05) is 13.7 Å². The van der Waals surface area contributed by atoms with Crippen molar-refractivity contribution in [1.29, 1.82) is 0 Å². The van der Waals surface area contributed by atoms with E-state index in [0.29, 0.717) is 12.1 Å². The highest BCUT2D eigenvalue weighted by Gasteiger charge is 2.20. The molecule has 0 spiro atoms. The number of nitrogens with one attached hydrogen (secondary N) is 1. The molecule has 0 aromatic heterocycles. The fourth-order valence-electron chi connectivity index (χ4n) is 2.30. The van der Waals surface area contributed by atoms with Crippen LogP contribution < -0.4 is 5.32 Å². The predicted molar refractivity (Wildman–Crippen MR) is 65.1 cm³/mol. The average Bonchev–Trinajstić information content (AvgIpc) is 2.24. The van der Waals surface area contributed by atoms with Crippen LogP contribution in [0.25, 0.3) is 0 Å². The van der Waals surface area contributed by atoms with Gasteiger partial charge in [-0.15, -0.1) is 0 Å². The number of rotatable bonds is 6. The Morgan fingerprint density at radius 2 is 2.13 bits per heavy atom. The fourth-order valence-corrected chi connectivity index (χ4v) is 2.30. The van der Waals surface area contributed by atoms with Crippen LogP contribution in [-0.2, 0) is 4.74 Å². The average molecular weight is 213 g/mol. The molecule has 15 heavy (non-hydrogen) atoms. The highest BCUT2D eigenvalue weighted by molar-refractivity contribution is 4.77. The molecule has 1 rings (SSSR count). The third kappa shape index (κ3) is 5.53. The van der Waals surface area contributed by atoms with Crippen molar-refractivity contribution in [3.8, 4) is 0 Å². The Balaban J connectivity index is 2.05. The summed E-state index contributed by atoms with van der Waals surface area (Å²) in [4.78, 5) is 0. The maximum absolute atomic E-state index is 5.93. The predicted octanol–water partition coefficient (Wildman–Crippen LogP) is 2.97. The van der Waals surface area contributed by atoms with Crippen LogP contribution in [0.2, 0.25) is 0 Å². The zero-order valence-corrected chi connectivity index (χ0v) is 10.6. The molecule has 2 nitrogen and oxygen atoms in total. The van der Waals surface area contributed by atoms with Crippen molar-refractivity contribution in [3.05, 3.63) is 0 Å². The van der Waals surface area contributed by atoms with E-state index in [1.165, 1.54) is 38.5 Å². The molecule has 2 atom stereocenters. The lowest BCUT2D eigenvalue weighted by Crippen LogP contribution is -2.34. The van der Waals surface area contributed by atoms with Crippen LogP contribution >= 0.6 is 0 Å². The van der Waals surface area contributed by atoms with E-state index < -0.39 is 0 Å². The number of ether oxygens (including phenoxy) is 1. The highest BCUT2D eigenvalue weighted by Crippen LogP contribution is 2.21. The van der Waals surface area contributed by atoms with E-state index >= 15 is 0 Å². The minimum Gasteiger partial charge on any atom is -0.378 e. The monoisotopic (exact) mass is 213 g/mol. The molecule has 0 aromatic rings. The molecule has 1 aliphatic rings. The Morgan fingerprint density at radius 1 is 1.33 bits per heavy atom. The topological polar surface area (TPSA) is 21.3 Å². The quantitative estimate of drug-likeness (QED) is 0.685. The van der Waals surface area contributed by atoms with E-state index in [-0.39, 0.29) is 0 Å². The molecule has 0 amide bonds. The van der Waals surface area contributed by atoms with E-state index in [4.69, 9.17) is 4.74 Å². The molecule has 0 saturated heterocycles. The van der Waals surface area contributed by atoms with Gasteiger partial charge in [0, 0.05) is 12.6 Å². The molecular weight excluding hydrogens is 186 g/mol. The van der Waals surface area contributed by atoms with Crippen molar-refractivity contribution in [2.45, 2.75) is 64.5 Å². The second kappa shape index (κ2) is 7.24. The van der Waals surface area contributed by atoms with Gasteiger partial charge < -0.3 is 10.1 Å². The number of hydrogen-bond donors (Lipinski definition) is 1. The van der Waals surface area contributed by atoms with Crippen molar-refractivity contribution in [3.63, 3.8) is 0 Å². The van der Waals surface area contributed by atoms with Crippen LogP contribution in [0.5, 0.6) is 0 Å². The molecule has 0 radical (unpaired) electrons. The summed E-state index contributed by atoms with van der Waals surface area (Å²) < 4.78 is 5.93. The summed E-state index contributed by atoms with van der Waals surface area (Å²) >= 11 is 0. The van der Waals surface area contributed by atoms with Gasteiger partial charge in [0.25, 0.3) is 0 Å². The largest absolute Gasteiger partial charge is 0.378 e. The molecule has 0 heterocycles. The van der Waals surface area contributed by atoms with Gasteiger partial charge in [-0.3, -0.25) is 0 Å². The SMILES string of the molecule is CNC1CCCC(OCCCC(C)C)C1. The first kappa shape index (κ1) is 13.0. The third-order valence-electron chi connectivity index (χ3n) is 3.31. The normalized spacial score (nSPS) is 27.2. The van der Waals surface area contributed by atoms with Gasteiger partial charge in [-0.25, -0.2) is 0 Å². The fraction of sp³-hybridized carbons (Fsp3) is 1.00. The summed E-state index contributed by atoms with van der Waals surface area (Å²) in [7, 11) is 2.06. The van der Waals surface area contributed by atoms with E-state index in [2.05, 4.69) is 26.2 Å². The summed E-state index contributed by atoms with van der Waals surface area (Å²) in [5.41, 5.74) is 0. The molecule has 2 heteroatoms. The molecule has 1 saturated carbocycles. The Hall–Kier alpha value is -0.0800. The smallest absolute Gasteiger partial charge is 0.0590 e. The molecule has 1 aliphatic carbocycles. The first-order chi connectivity index (χ1) is 7.22. The molecule has 90 valence electrons. The summed E-state index contributed by atoms with van der Waals surface area (Å²) in [6, 6.07) is 0.689. The van der Waals surface area contributed by atoms with E-state index in [1.807, 2.05) is 0 Å². The Morgan fingerprint density at radius 3 is 2.80 bits per heavy atom. The minimum absolute atomic E-state index is 0.517. The zero-order valence-electron chi connectivity index (χ0n) is 10.6. The molecule has 1 N–H and O–H groups in total. The summed E-state index contributed by atoms with van der Waals surface area (Å²) in [6.45, 7) is 5.51. The van der Waals surface area contributed by atoms with Crippen LogP contribution in [0.3, 0.4) is 0 Å². The van der Waals surface area contributed by atoms with Crippen LogP contribution in [0, 0.1) is 5.92 Å². The maximum Gasteiger partial charge on any atom is 0.0590 e. The Labute approximate surface area is 94.8 Å². The van der Waals surface area contributed by atoms with Gasteiger partial charge in [-0.1, -0.05) is 13.8 Å². The first-order valence-corrected chi connectivity index (χ1v) is 6.51. The van der Waals surface area contributed by atoms with Crippen LogP contribution in [0.1, 0.15) is 52.4 Å². The van der Waals surface area contributed by atoms with Gasteiger partial charge in [0.2, 0.25) is 0 Å². The lowest BCUT2D eigenvalue weighted by molar-refractivity contribution is 0.0176. The van der Waals surface area contributed by atoms with Gasteiger partial charge in [0.05, 0.1) is 6.10 Å².